The lowest BCUT2D eigenvalue weighted by Crippen LogP contribution is -2.64. The zero-order valence-electron chi connectivity index (χ0n) is 79.5. The minimum absolute atomic E-state index is 0.0230. The predicted molar refractivity (Wildman–Crippen MR) is 507 cm³/mol. The number of carboxylic acids is 2. The summed E-state index contributed by atoms with van der Waals surface area (Å²) in [6, 6.07) is 27.2. The van der Waals surface area contributed by atoms with Crippen molar-refractivity contribution in [3.63, 3.8) is 0 Å². The molecule has 3 aromatic heterocycles. The Morgan fingerprint density at radius 2 is 1.24 bits per heavy atom. The lowest BCUT2D eigenvalue weighted by Gasteiger charge is -2.69. The van der Waals surface area contributed by atoms with Crippen molar-refractivity contribution in [1.82, 2.24) is 34.9 Å². The molecular weight excluding hydrogens is 1860 g/mol. The molecule has 0 spiro atoms. The van der Waals surface area contributed by atoms with E-state index in [2.05, 4.69) is 29.5 Å². The number of rotatable bonds is 62. The van der Waals surface area contributed by atoms with Crippen LogP contribution in [-0.2, 0) is 135 Å². The number of aliphatic hydroxyl groups excluding tert-OH is 3. The average Bonchev–Trinajstić information content (AvgIpc) is 0.795. The van der Waals surface area contributed by atoms with Crippen LogP contribution in [0.15, 0.2) is 115 Å². The van der Waals surface area contributed by atoms with E-state index in [1.165, 1.54) is 23.5 Å². The zero-order chi connectivity index (χ0) is 99.2. The molecule has 0 radical (unpaired) electrons. The fraction of sp³-hybridized carbons (Fsp3) is 0.571. The maximum absolute atomic E-state index is 14.4. The Morgan fingerprint density at radius 1 is 0.643 bits per heavy atom. The van der Waals surface area contributed by atoms with E-state index < -0.39 is 107 Å². The Hall–Kier alpha value is -10.2. The lowest BCUT2D eigenvalue weighted by molar-refractivity contribution is -0.271. The number of carbonyl (C=O) groups is 7. The third-order valence-electron chi connectivity index (χ3n) is 25.4. The molecule has 3 aliphatic heterocycles. The number of thiazole rings is 1. The number of para-hydroxylation sites is 1. The molecule has 8 N–H and O–H groups in total. The largest absolute Gasteiger partial charge is 0.491 e. The number of benzene rings is 4. The predicted octanol–water partition coefficient (Wildman–Crippen LogP) is 7.48. The van der Waals surface area contributed by atoms with Gasteiger partial charge in [-0.1, -0.05) is 73.7 Å². The standard InChI is InChI=1S/C98H129N9O31S2/c1-66-74(72-21-22-80(102-83(72)90(115)116)105-27-25-69-11-9-12-73(75(69)57-105)88(113)103-93-101-76-13-5-6-14-79(76)139-93)56-100-106(66)65-97-60-95(2)59-96(3,61-97)63-98(62-95,64-97)136-30-28-104(29-53-140(120,121)122)94(119)135-58-70-18-15-67(55-78(70)137-92-86(112)84(110)85(111)87(138-92)91(117)118)10-7-8-26-99-89(114)77(107-81(108)23-24-82(107)109)54-68-16-19-71(20-17-68)134-52-51-133-50-49-132-48-47-131-46-45-130-44-43-129-42-41-128-40-39-127-38-37-126-36-35-125-34-33-124-32-31-123-4/h5-6,9,11-24,55-56,77,84-87,92,110-112H,7-8,10,25-54,57-65H2,1-4H3,(H,99,114)(H,115,116)(H,117,118)(H,101,103,113)(H,120,121,122)/t77?,84-,85-,86+,87-,92+,95?,96?,97?,98?/m0/s1. The van der Waals surface area contributed by atoms with E-state index in [0.717, 1.165) is 68.3 Å². The number of nitrogens with one attached hydrogen (secondary N) is 2. The number of anilines is 2. The SMILES string of the molecule is COCCOCCOCCOCCOCCOCCOCCOCCOCCOCCOCCOc1ccc(CC(C(=O)NCCCCc2ccc(COC(=O)N(CCOC34CC5(C)CC(C)(CC(Cn6ncc(-c7ccc(N8CCc9cccc(C(=O)Nc%10nc%11ccccc%11s%10)c9C8)nc7C(=O)O)c6C)(C5)C3)C4)CCS(=O)(=O)O)c(O[C@@H]3O[C@H](C(=O)O)[C@@H](O)[C@H](O)[C@H]3O)c2)N2C(=O)C=CC2=O)cc1. The van der Waals surface area contributed by atoms with E-state index >= 15 is 0 Å². The Kier molecular flexibility index (Phi) is 39.5. The number of pyridine rings is 1. The van der Waals surface area contributed by atoms with Gasteiger partial charge in [0, 0.05) is 92.9 Å². The number of amides is 5. The molecule has 4 aromatic carbocycles. The van der Waals surface area contributed by atoms with Crippen molar-refractivity contribution in [2.24, 2.45) is 16.2 Å². The number of imide groups is 1. The van der Waals surface area contributed by atoms with Gasteiger partial charge in [0.1, 0.15) is 54.9 Å². The van der Waals surface area contributed by atoms with Gasteiger partial charge in [0.25, 0.3) is 27.8 Å². The van der Waals surface area contributed by atoms with Crippen LogP contribution in [0.5, 0.6) is 11.5 Å². The summed E-state index contributed by atoms with van der Waals surface area (Å²) in [5.41, 5.74) is 4.53. The number of aromatic nitrogens is 4. The van der Waals surface area contributed by atoms with Crippen LogP contribution in [0.1, 0.15) is 120 Å². The fourth-order valence-corrected chi connectivity index (χ4v) is 21.3. The van der Waals surface area contributed by atoms with E-state index in [1.807, 2.05) is 52.9 Å². The molecule has 4 bridgehead atoms. The van der Waals surface area contributed by atoms with E-state index in [-0.39, 0.29) is 78.5 Å². The number of aliphatic hydroxyl groups is 3. The number of unbranched alkanes of at least 4 members (excludes halogenated alkanes) is 1. The van der Waals surface area contributed by atoms with E-state index in [4.69, 9.17) is 85.9 Å². The molecule has 4 aliphatic carbocycles. The highest BCUT2D eigenvalue weighted by atomic mass is 32.2. The Morgan fingerprint density at radius 3 is 1.84 bits per heavy atom. The van der Waals surface area contributed by atoms with Crippen molar-refractivity contribution in [3.8, 4) is 22.6 Å². The molecule has 42 heteroatoms. The summed E-state index contributed by atoms with van der Waals surface area (Å²) in [6.45, 7) is 15.9. The molecule has 4 saturated carbocycles. The first-order chi connectivity index (χ1) is 67.5. The molecule has 14 rings (SSSR count). The van der Waals surface area contributed by atoms with Gasteiger partial charge in [0.15, 0.2) is 16.9 Å². The van der Waals surface area contributed by atoms with Crippen LogP contribution >= 0.6 is 11.3 Å². The minimum atomic E-state index is -4.65. The normalized spacial score (nSPS) is 21.7. The van der Waals surface area contributed by atoms with Crippen LogP contribution in [0.4, 0.5) is 15.7 Å². The number of methoxy groups -OCH3 is 1. The lowest BCUT2D eigenvalue weighted by atomic mass is 9.39. The van der Waals surface area contributed by atoms with E-state index in [0.29, 0.717) is 241 Å². The van der Waals surface area contributed by atoms with Gasteiger partial charge < -0.3 is 116 Å². The number of aryl methyl sites for hydroxylation is 1. The minimum Gasteiger partial charge on any atom is -0.491 e. The Labute approximate surface area is 816 Å². The fourth-order valence-electron chi connectivity index (χ4n) is 20.0. The highest BCUT2D eigenvalue weighted by molar-refractivity contribution is 7.85. The highest BCUT2D eigenvalue weighted by Gasteiger charge is 2.66. The molecule has 140 heavy (non-hydrogen) atoms. The number of ether oxygens (including phenoxy) is 16. The quantitative estimate of drug-likeness (QED) is 0.0104. The number of fused-ring (bicyclic) bond motifs is 2. The summed E-state index contributed by atoms with van der Waals surface area (Å²) < 4.78 is 128. The third kappa shape index (κ3) is 30.5. The summed E-state index contributed by atoms with van der Waals surface area (Å²) in [7, 11) is -3.02. The number of hydrogen-bond acceptors (Lipinski definition) is 33. The molecule has 3 unspecified atom stereocenters. The van der Waals surface area contributed by atoms with Gasteiger partial charge in [-0.15, -0.1) is 0 Å². The molecular formula is C98H129N9O31S2. The van der Waals surface area contributed by atoms with Crippen molar-refractivity contribution in [1.29, 1.82) is 0 Å². The molecule has 6 heterocycles. The van der Waals surface area contributed by atoms with Crippen molar-refractivity contribution in [2.75, 3.05) is 201 Å². The molecule has 5 fully saturated rings. The first-order valence-electron chi connectivity index (χ1n) is 47.3. The van der Waals surface area contributed by atoms with Crippen LogP contribution in [0.2, 0.25) is 0 Å². The van der Waals surface area contributed by atoms with Crippen LogP contribution in [0.3, 0.4) is 0 Å². The Bertz CT molecular complexity index is 5360. The molecule has 40 nitrogen and oxygen atoms in total. The van der Waals surface area contributed by atoms with Crippen molar-refractivity contribution in [3.05, 3.63) is 160 Å². The second-order valence-electron chi connectivity index (χ2n) is 36.5. The number of carboxylic acid groups (broad SMARTS) is 2. The van der Waals surface area contributed by atoms with Gasteiger partial charge in [0.05, 0.1) is 173 Å². The van der Waals surface area contributed by atoms with Crippen LogP contribution in [0, 0.1) is 23.2 Å². The second kappa shape index (κ2) is 51.7. The Balaban J connectivity index is 0.547. The van der Waals surface area contributed by atoms with Crippen LogP contribution in [0.25, 0.3) is 21.3 Å². The number of nitrogens with zero attached hydrogens (tertiary/aromatic N) is 7. The van der Waals surface area contributed by atoms with Crippen molar-refractivity contribution in [2.45, 2.75) is 153 Å². The summed E-state index contributed by atoms with van der Waals surface area (Å²) in [5.74, 6) is -5.12. The van der Waals surface area contributed by atoms with Gasteiger partial charge in [-0.05, 0) is 158 Å². The van der Waals surface area contributed by atoms with Crippen molar-refractivity contribution >= 4 is 84.3 Å². The molecule has 7 aromatic rings. The third-order valence-corrected chi connectivity index (χ3v) is 27.1. The van der Waals surface area contributed by atoms with Gasteiger partial charge in [-0.25, -0.2) is 24.4 Å². The topological polar surface area (TPSA) is 500 Å². The first-order valence-corrected chi connectivity index (χ1v) is 49.7. The molecule has 764 valence electrons. The molecule has 5 amide bonds. The van der Waals surface area contributed by atoms with Gasteiger partial charge in [-0.3, -0.25) is 38.6 Å². The number of hydrogen-bond donors (Lipinski definition) is 8. The first kappa shape index (κ1) is 107. The highest BCUT2D eigenvalue weighted by Crippen LogP contribution is 2.72. The number of carbonyl (C=O) groups excluding carboxylic acids is 5. The monoisotopic (exact) mass is 1990 g/mol. The summed E-state index contributed by atoms with van der Waals surface area (Å²) >= 11 is 1.39. The maximum atomic E-state index is 14.4. The second-order valence-corrected chi connectivity index (χ2v) is 39.1. The van der Waals surface area contributed by atoms with Crippen molar-refractivity contribution < 1.29 is 148 Å². The van der Waals surface area contributed by atoms with Crippen LogP contribution in [-0.4, -0.2) is 343 Å². The van der Waals surface area contributed by atoms with Gasteiger partial charge in [0.2, 0.25) is 12.2 Å². The van der Waals surface area contributed by atoms with Crippen LogP contribution < -0.4 is 25.0 Å². The van der Waals surface area contributed by atoms with Gasteiger partial charge >= 0.3 is 18.0 Å². The van der Waals surface area contributed by atoms with Gasteiger partial charge in [-0.2, -0.15) is 13.5 Å². The molecule has 7 aliphatic rings. The zero-order valence-corrected chi connectivity index (χ0v) is 81.1. The maximum Gasteiger partial charge on any atom is 0.410 e. The number of aliphatic carboxylic acids is 1. The smallest absolute Gasteiger partial charge is 0.410 e. The average molecular weight is 1990 g/mol. The number of aromatic carboxylic acids is 1. The molecule has 1 saturated heterocycles. The molecule has 8 atom stereocenters. The van der Waals surface area contributed by atoms with E-state index in [1.54, 1.807) is 61.8 Å². The summed E-state index contributed by atoms with van der Waals surface area (Å²) in [4.78, 5) is 107. The van der Waals surface area contributed by atoms with E-state index in [9.17, 15) is 72.1 Å². The summed E-state index contributed by atoms with van der Waals surface area (Å²) in [6.07, 6.45) is -0.988. The summed E-state index contributed by atoms with van der Waals surface area (Å²) in [5, 5.41) is 64.6.